The van der Waals surface area contributed by atoms with Gasteiger partial charge in [-0.1, -0.05) is 49.5 Å². The third-order valence-electron chi connectivity index (χ3n) is 5.16. The Morgan fingerprint density at radius 1 is 1.12 bits per heavy atom. The Labute approximate surface area is 213 Å². The highest BCUT2D eigenvalue weighted by atomic mass is 35.5. The number of hydrogen-bond acceptors (Lipinski definition) is 8. The van der Waals surface area contributed by atoms with Crippen LogP contribution in [0.3, 0.4) is 0 Å². The van der Waals surface area contributed by atoms with Gasteiger partial charge in [-0.05, 0) is 35.4 Å². The average Bonchev–Trinajstić information content (AvgIpc) is 2.81. The van der Waals surface area contributed by atoms with E-state index in [2.05, 4.69) is 34.6 Å². The second kappa shape index (κ2) is 11.5. The fourth-order valence-corrected chi connectivity index (χ4v) is 3.97. The topological polar surface area (TPSA) is 106 Å². The highest BCUT2D eigenvalue weighted by Crippen LogP contribution is 2.38. The van der Waals surface area contributed by atoms with Gasteiger partial charge in [0.1, 0.15) is 30.9 Å². The Morgan fingerprint density at radius 3 is 2.50 bits per heavy atom. The number of nitriles is 1. The zero-order valence-electron chi connectivity index (χ0n) is 19.1. The summed E-state index contributed by atoms with van der Waals surface area (Å²) < 4.78 is 14.4. The number of ether oxygens (including phenoxy) is 2. The third-order valence-corrected chi connectivity index (χ3v) is 5.99. The van der Waals surface area contributed by atoms with E-state index in [1.54, 1.807) is 12.1 Å². The molecule has 0 aliphatic rings. The van der Waals surface area contributed by atoms with Crippen LogP contribution >= 0.6 is 35.1 Å². The smallest absolute Gasteiger partial charge is 0.235 e. The summed E-state index contributed by atoms with van der Waals surface area (Å²) in [6, 6.07) is 15.3. The molecule has 1 aromatic heterocycles. The second-order valence-electron chi connectivity index (χ2n) is 7.84. The van der Waals surface area contributed by atoms with Crippen molar-refractivity contribution in [3.05, 3.63) is 69.9 Å². The Kier molecular flexibility index (Phi) is 8.72. The van der Waals surface area contributed by atoms with Gasteiger partial charge < -0.3 is 15.2 Å². The summed E-state index contributed by atoms with van der Waals surface area (Å²) in [6.07, 6.45) is 1.88. The number of nitrogens with two attached hydrogens (primary N) is 1. The van der Waals surface area contributed by atoms with Crippen LogP contribution in [0.4, 0.5) is 11.8 Å². The molecule has 7 nitrogen and oxygen atoms in total. The predicted octanol–water partition coefficient (Wildman–Crippen LogP) is 5.80. The molecule has 0 radical (unpaired) electrons. The average molecular weight is 518 g/mol. The van der Waals surface area contributed by atoms with Gasteiger partial charge in [-0.3, -0.25) is 4.72 Å². The minimum absolute atomic E-state index is 0.253. The Hall–Kier alpha value is -2.86. The molecule has 2 aromatic carbocycles. The molecule has 3 N–H and O–H groups in total. The molecule has 3 rings (SSSR count). The van der Waals surface area contributed by atoms with Crippen molar-refractivity contribution in [3.63, 3.8) is 0 Å². The summed E-state index contributed by atoms with van der Waals surface area (Å²) in [6.45, 7) is 4.67. The summed E-state index contributed by atoms with van der Waals surface area (Å²) in [5.41, 5.74) is 8.40. The van der Waals surface area contributed by atoms with Crippen molar-refractivity contribution in [2.75, 3.05) is 29.2 Å². The number of halogens is 2. The van der Waals surface area contributed by atoms with Gasteiger partial charge in [-0.2, -0.15) is 10.2 Å². The van der Waals surface area contributed by atoms with Crippen LogP contribution in [-0.4, -0.2) is 28.7 Å². The van der Waals surface area contributed by atoms with Crippen molar-refractivity contribution in [1.82, 2.24) is 9.97 Å². The molecule has 0 aliphatic carbocycles. The van der Waals surface area contributed by atoms with E-state index >= 15 is 0 Å². The van der Waals surface area contributed by atoms with Gasteiger partial charge in [0.2, 0.25) is 5.95 Å². The van der Waals surface area contributed by atoms with Crippen molar-refractivity contribution in [3.8, 4) is 17.6 Å². The lowest BCUT2D eigenvalue weighted by atomic mass is 9.77. The fourth-order valence-electron chi connectivity index (χ4n) is 3.35. The van der Waals surface area contributed by atoms with Crippen LogP contribution in [0, 0.1) is 11.3 Å². The largest absolute Gasteiger partial charge is 0.489 e. The molecule has 34 heavy (non-hydrogen) atoms. The maximum Gasteiger partial charge on any atom is 0.235 e. The molecule has 1 heterocycles. The number of alkyl halides is 1. The first-order valence-electron chi connectivity index (χ1n) is 10.4. The number of rotatable bonds is 10. The maximum absolute atomic E-state index is 9.60. The van der Waals surface area contributed by atoms with Crippen LogP contribution in [0.5, 0.6) is 11.5 Å². The quantitative estimate of drug-likeness (QED) is 0.256. The summed E-state index contributed by atoms with van der Waals surface area (Å²) in [5, 5.41) is 9.98. The number of aromatic nitrogens is 2. The molecule has 0 amide bonds. The molecule has 0 unspecified atom stereocenters. The minimum atomic E-state index is -0.418. The summed E-state index contributed by atoms with van der Waals surface area (Å²) in [5.74, 6) is 2.17. The fraction of sp³-hybridized carbons (Fsp3) is 0.292. The molecule has 3 aromatic rings. The van der Waals surface area contributed by atoms with Gasteiger partial charge in [-0.25, -0.2) is 4.98 Å². The van der Waals surface area contributed by atoms with E-state index in [9.17, 15) is 5.26 Å². The lowest BCUT2D eigenvalue weighted by Crippen LogP contribution is -2.19. The molecule has 0 aliphatic heterocycles. The van der Waals surface area contributed by atoms with Crippen LogP contribution < -0.4 is 19.9 Å². The zero-order chi connectivity index (χ0) is 24.7. The molecule has 0 spiro atoms. The van der Waals surface area contributed by atoms with E-state index in [-0.39, 0.29) is 13.2 Å². The molecule has 0 fully saturated rings. The molecule has 0 saturated heterocycles. The summed E-state index contributed by atoms with van der Waals surface area (Å²) in [7, 11) is 0. The van der Waals surface area contributed by atoms with Gasteiger partial charge in [0, 0.05) is 17.7 Å². The lowest BCUT2D eigenvalue weighted by molar-refractivity contribution is 0.301. The van der Waals surface area contributed by atoms with Crippen molar-refractivity contribution in [2.24, 2.45) is 0 Å². The normalized spacial score (nSPS) is 11.1. The SMILES string of the molecule is CSNc1nc(N)cc(COc2ccc(C(C)(C)c3cc(Cl)c(OCCCl)c(C#N)c3)cc2)n1. The first-order chi connectivity index (χ1) is 16.3. The number of benzene rings is 2. The van der Waals surface area contributed by atoms with E-state index in [0.29, 0.717) is 45.4 Å². The van der Waals surface area contributed by atoms with Crippen LogP contribution in [-0.2, 0) is 12.0 Å². The van der Waals surface area contributed by atoms with E-state index in [1.165, 1.54) is 11.9 Å². The molecule has 0 bridgehead atoms. The number of nitrogen functional groups attached to an aromatic ring is 1. The number of nitrogens with zero attached hydrogens (tertiary/aromatic N) is 3. The zero-order valence-corrected chi connectivity index (χ0v) is 21.4. The van der Waals surface area contributed by atoms with Crippen molar-refractivity contribution >= 4 is 46.9 Å². The van der Waals surface area contributed by atoms with Gasteiger partial charge in [0.15, 0.2) is 5.75 Å². The van der Waals surface area contributed by atoms with Crippen LogP contribution in [0.2, 0.25) is 5.02 Å². The van der Waals surface area contributed by atoms with Crippen molar-refractivity contribution in [2.45, 2.75) is 25.9 Å². The van der Waals surface area contributed by atoms with Crippen molar-refractivity contribution in [1.29, 1.82) is 5.26 Å². The third kappa shape index (κ3) is 6.17. The summed E-state index contributed by atoms with van der Waals surface area (Å²) in [4.78, 5) is 8.50. The standard InChI is InChI=1S/C24H25Cl2N5O2S/c1-24(2,17-10-15(13-27)22(20(26)11-17)32-9-8-25)16-4-6-19(7-5-16)33-14-18-12-21(28)30-23(29-18)31-34-3/h4-7,10-12H,8-9,14H2,1-3H3,(H3,28,29,30,31). The predicted molar refractivity (Wildman–Crippen MR) is 139 cm³/mol. The highest BCUT2D eigenvalue weighted by molar-refractivity contribution is 7.99. The summed E-state index contributed by atoms with van der Waals surface area (Å²) >= 11 is 13.5. The van der Waals surface area contributed by atoms with Gasteiger partial charge in [-0.15, -0.1) is 11.6 Å². The van der Waals surface area contributed by atoms with Crippen LogP contribution in [0.15, 0.2) is 42.5 Å². The Morgan fingerprint density at radius 2 is 1.85 bits per heavy atom. The first kappa shape index (κ1) is 25.8. The van der Waals surface area contributed by atoms with Crippen LogP contribution in [0.25, 0.3) is 0 Å². The van der Waals surface area contributed by atoms with E-state index in [4.69, 9.17) is 38.4 Å². The highest BCUT2D eigenvalue weighted by Gasteiger charge is 2.26. The van der Waals surface area contributed by atoms with E-state index < -0.39 is 5.41 Å². The number of nitrogens with one attached hydrogen (secondary N) is 1. The minimum Gasteiger partial charge on any atom is -0.489 e. The van der Waals surface area contributed by atoms with Crippen molar-refractivity contribution < 1.29 is 9.47 Å². The Balaban J connectivity index is 1.77. The maximum atomic E-state index is 9.60. The van der Waals surface area contributed by atoms with Gasteiger partial charge >= 0.3 is 0 Å². The molecular formula is C24H25Cl2N5O2S. The molecule has 0 saturated carbocycles. The van der Waals surface area contributed by atoms with Gasteiger partial charge in [0.05, 0.1) is 22.2 Å². The van der Waals surface area contributed by atoms with Gasteiger partial charge in [0.25, 0.3) is 0 Å². The first-order valence-corrected chi connectivity index (χ1v) is 12.5. The van der Waals surface area contributed by atoms with E-state index in [0.717, 1.165) is 11.1 Å². The van der Waals surface area contributed by atoms with Crippen LogP contribution in [0.1, 0.15) is 36.2 Å². The Bertz CT molecular complexity index is 1180. The monoisotopic (exact) mass is 517 g/mol. The number of anilines is 2. The molecular weight excluding hydrogens is 493 g/mol. The lowest BCUT2D eigenvalue weighted by Gasteiger charge is -2.27. The number of hydrogen-bond donors (Lipinski definition) is 2. The molecule has 0 atom stereocenters. The second-order valence-corrected chi connectivity index (χ2v) is 9.23. The molecule has 178 valence electrons. The van der Waals surface area contributed by atoms with E-state index in [1.807, 2.05) is 36.6 Å². The molecule has 10 heteroatoms.